The fraction of sp³-hybridized carbons (Fsp3) is 0.286. The minimum Gasteiger partial charge on any atom is -0.497 e. The third-order valence-corrected chi connectivity index (χ3v) is 5.82. The van der Waals surface area contributed by atoms with E-state index in [0.29, 0.717) is 26.1 Å². The fourth-order valence-corrected chi connectivity index (χ4v) is 4.00. The highest BCUT2D eigenvalue weighted by Gasteiger charge is 2.11. The molecule has 34 heavy (non-hydrogen) atoms. The summed E-state index contributed by atoms with van der Waals surface area (Å²) in [6.45, 7) is 3.94. The Hall–Kier alpha value is -3.80. The summed E-state index contributed by atoms with van der Waals surface area (Å²) >= 11 is 0. The molecule has 176 valence electrons. The lowest BCUT2D eigenvalue weighted by molar-refractivity contribution is -0.120. The van der Waals surface area contributed by atoms with Gasteiger partial charge in [-0.2, -0.15) is 0 Å². The molecule has 0 saturated carbocycles. The van der Waals surface area contributed by atoms with Crippen molar-refractivity contribution in [3.05, 3.63) is 89.7 Å². The highest BCUT2D eigenvalue weighted by molar-refractivity contribution is 5.78. The van der Waals surface area contributed by atoms with Gasteiger partial charge in [0.1, 0.15) is 23.9 Å². The Morgan fingerprint density at radius 3 is 2.56 bits per heavy atom. The number of rotatable bonds is 11. The van der Waals surface area contributed by atoms with E-state index in [-0.39, 0.29) is 5.91 Å². The lowest BCUT2D eigenvalue weighted by Gasteiger charge is -2.12. The summed E-state index contributed by atoms with van der Waals surface area (Å²) in [5, 5.41) is 3.02. The second-order valence-corrected chi connectivity index (χ2v) is 8.26. The predicted octanol–water partition coefficient (Wildman–Crippen LogP) is 4.72. The lowest BCUT2D eigenvalue weighted by atomic mass is 10.1. The van der Waals surface area contributed by atoms with Gasteiger partial charge in [-0.25, -0.2) is 4.98 Å². The zero-order chi connectivity index (χ0) is 23.8. The maximum atomic E-state index is 12.3. The molecule has 6 heteroatoms. The van der Waals surface area contributed by atoms with Crippen LogP contribution in [0.4, 0.5) is 0 Å². The number of hydrogen-bond donors (Lipinski definition) is 1. The van der Waals surface area contributed by atoms with E-state index in [9.17, 15) is 4.79 Å². The van der Waals surface area contributed by atoms with E-state index in [0.717, 1.165) is 52.3 Å². The molecule has 0 saturated heterocycles. The summed E-state index contributed by atoms with van der Waals surface area (Å²) in [5.41, 5.74) is 4.18. The molecule has 4 aromatic rings. The number of carbonyl (C=O) groups is 1. The number of fused-ring (bicyclic) bond motifs is 1. The van der Waals surface area contributed by atoms with Gasteiger partial charge in [0, 0.05) is 13.0 Å². The van der Waals surface area contributed by atoms with Crippen LogP contribution in [-0.4, -0.2) is 35.7 Å². The number of hydrogen-bond acceptors (Lipinski definition) is 4. The second-order valence-electron chi connectivity index (χ2n) is 8.26. The second kappa shape index (κ2) is 11.4. The molecule has 0 unspecified atom stereocenters. The molecule has 0 bridgehead atoms. The zero-order valence-corrected chi connectivity index (χ0v) is 19.8. The van der Waals surface area contributed by atoms with Crippen LogP contribution in [0.15, 0.2) is 72.8 Å². The molecular formula is C28H31N3O3. The number of methoxy groups -OCH3 is 1. The van der Waals surface area contributed by atoms with Crippen LogP contribution in [0.3, 0.4) is 0 Å². The lowest BCUT2D eigenvalue weighted by Crippen LogP contribution is -2.26. The summed E-state index contributed by atoms with van der Waals surface area (Å²) in [5.74, 6) is 2.73. The minimum absolute atomic E-state index is 0.0188. The Kier molecular flexibility index (Phi) is 7.81. The van der Waals surface area contributed by atoms with Crippen molar-refractivity contribution in [2.45, 2.75) is 32.7 Å². The molecule has 0 aliphatic heterocycles. The van der Waals surface area contributed by atoms with E-state index in [2.05, 4.69) is 28.9 Å². The van der Waals surface area contributed by atoms with Gasteiger partial charge in [-0.1, -0.05) is 42.5 Å². The molecule has 1 aromatic heterocycles. The van der Waals surface area contributed by atoms with Crippen LogP contribution in [0.5, 0.6) is 11.5 Å². The Balaban J connectivity index is 1.31. The number of ether oxygens (including phenoxy) is 2. The number of amides is 1. The number of aromatic nitrogens is 2. The maximum Gasteiger partial charge on any atom is 0.224 e. The molecule has 0 fully saturated rings. The summed E-state index contributed by atoms with van der Waals surface area (Å²) in [7, 11) is 1.63. The summed E-state index contributed by atoms with van der Waals surface area (Å²) in [6, 6.07) is 23.8. The SMILES string of the molecule is COc1ccc(CC(=O)NCCCc2nc3ccccc3n2CCOc2ccccc2C)cc1. The van der Waals surface area contributed by atoms with Gasteiger partial charge in [0.25, 0.3) is 0 Å². The van der Waals surface area contributed by atoms with Crippen molar-refractivity contribution in [2.75, 3.05) is 20.3 Å². The first-order valence-electron chi connectivity index (χ1n) is 11.7. The van der Waals surface area contributed by atoms with Gasteiger partial charge in [-0.05, 0) is 54.8 Å². The van der Waals surface area contributed by atoms with E-state index >= 15 is 0 Å². The molecule has 1 heterocycles. The summed E-state index contributed by atoms with van der Waals surface area (Å²) in [6.07, 6.45) is 1.96. The predicted molar refractivity (Wildman–Crippen MR) is 134 cm³/mol. The van der Waals surface area contributed by atoms with Crippen LogP contribution in [-0.2, 0) is 24.2 Å². The minimum atomic E-state index is 0.0188. The summed E-state index contributed by atoms with van der Waals surface area (Å²) in [4.78, 5) is 17.1. The molecule has 0 atom stereocenters. The highest BCUT2D eigenvalue weighted by Crippen LogP contribution is 2.19. The van der Waals surface area contributed by atoms with Gasteiger partial charge in [0.2, 0.25) is 5.91 Å². The number of aryl methyl sites for hydroxylation is 2. The average molecular weight is 458 g/mol. The Bertz CT molecular complexity index is 1230. The van der Waals surface area contributed by atoms with Gasteiger partial charge in [0.05, 0.1) is 31.1 Å². The summed E-state index contributed by atoms with van der Waals surface area (Å²) < 4.78 is 13.4. The number of benzene rings is 3. The van der Waals surface area contributed by atoms with E-state index in [4.69, 9.17) is 14.5 Å². The third kappa shape index (κ3) is 5.95. The van der Waals surface area contributed by atoms with Crippen molar-refractivity contribution in [1.29, 1.82) is 0 Å². The van der Waals surface area contributed by atoms with Crippen LogP contribution >= 0.6 is 0 Å². The van der Waals surface area contributed by atoms with Crippen LogP contribution in [0.1, 0.15) is 23.4 Å². The molecule has 3 aromatic carbocycles. The first-order valence-corrected chi connectivity index (χ1v) is 11.7. The topological polar surface area (TPSA) is 65.4 Å². The number of para-hydroxylation sites is 3. The number of nitrogens with one attached hydrogen (secondary N) is 1. The smallest absolute Gasteiger partial charge is 0.224 e. The first-order chi connectivity index (χ1) is 16.6. The molecule has 0 radical (unpaired) electrons. The van der Waals surface area contributed by atoms with Gasteiger partial charge in [0.15, 0.2) is 0 Å². The van der Waals surface area contributed by atoms with Crippen LogP contribution < -0.4 is 14.8 Å². The van der Waals surface area contributed by atoms with Crippen molar-refractivity contribution < 1.29 is 14.3 Å². The molecule has 1 N–H and O–H groups in total. The molecule has 0 aliphatic carbocycles. The van der Waals surface area contributed by atoms with E-state index in [1.54, 1.807) is 7.11 Å². The van der Waals surface area contributed by atoms with Gasteiger partial charge < -0.3 is 19.4 Å². The van der Waals surface area contributed by atoms with E-state index < -0.39 is 0 Å². The van der Waals surface area contributed by atoms with E-state index in [1.165, 1.54) is 0 Å². The van der Waals surface area contributed by atoms with Gasteiger partial charge in [-0.15, -0.1) is 0 Å². The average Bonchev–Trinajstić information content (AvgIpc) is 3.21. The largest absolute Gasteiger partial charge is 0.497 e. The van der Waals surface area contributed by atoms with Gasteiger partial charge in [-0.3, -0.25) is 4.79 Å². The van der Waals surface area contributed by atoms with Crippen molar-refractivity contribution in [3.63, 3.8) is 0 Å². The number of imidazole rings is 1. The van der Waals surface area contributed by atoms with Gasteiger partial charge >= 0.3 is 0 Å². The molecular weight excluding hydrogens is 426 g/mol. The van der Waals surface area contributed by atoms with Crippen molar-refractivity contribution in [3.8, 4) is 11.5 Å². The van der Waals surface area contributed by atoms with Crippen LogP contribution in [0.2, 0.25) is 0 Å². The maximum absolute atomic E-state index is 12.3. The molecule has 0 spiro atoms. The zero-order valence-electron chi connectivity index (χ0n) is 19.8. The molecule has 1 amide bonds. The highest BCUT2D eigenvalue weighted by atomic mass is 16.5. The van der Waals surface area contributed by atoms with Crippen molar-refractivity contribution in [2.24, 2.45) is 0 Å². The molecule has 6 nitrogen and oxygen atoms in total. The molecule has 4 rings (SSSR count). The standard InChI is InChI=1S/C28H31N3O3/c1-21-8-3-6-11-26(21)34-19-18-31-25-10-5-4-9-24(25)30-27(31)12-7-17-29-28(32)20-22-13-15-23(33-2)16-14-22/h3-6,8-11,13-16H,7,12,17-20H2,1-2H3,(H,29,32). The molecule has 0 aliphatic rings. The quantitative estimate of drug-likeness (QED) is 0.331. The van der Waals surface area contributed by atoms with E-state index in [1.807, 2.05) is 60.7 Å². The first kappa shape index (κ1) is 23.4. The monoisotopic (exact) mass is 457 g/mol. The Morgan fingerprint density at radius 2 is 1.76 bits per heavy atom. The number of carbonyl (C=O) groups excluding carboxylic acids is 1. The number of nitrogens with zero attached hydrogens (tertiary/aromatic N) is 2. The normalized spacial score (nSPS) is 10.9. The third-order valence-electron chi connectivity index (χ3n) is 5.82. The Morgan fingerprint density at radius 1 is 1.00 bits per heavy atom. The fourth-order valence-electron chi connectivity index (χ4n) is 4.00. The van der Waals surface area contributed by atoms with Crippen LogP contribution in [0, 0.1) is 6.92 Å². The van der Waals surface area contributed by atoms with Crippen molar-refractivity contribution >= 4 is 16.9 Å². The Labute approximate surface area is 200 Å². The van der Waals surface area contributed by atoms with Crippen molar-refractivity contribution in [1.82, 2.24) is 14.9 Å². The van der Waals surface area contributed by atoms with Crippen LogP contribution in [0.25, 0.3) is 11.0 Å².